The molecule has 6 nitrogen and oxygen atoms in total. The molecule has 0 spiro atoms. The molecule has 3 N–H and O–H groups in total. The van der Waals surface area contributed by atoms with Crippen LogP contribution in [0.1, 0.15) is 11.3 Å². The predicted molar refractivity (Wildman–Crippen MR) is 100 cm³/mol. The number of imidazole rings is 1. The number of nitrogens with zero attached hydrogens (tertiary/aromatic N) is 4. The van der Waals surface area contributed by atoms with Gasteiger partial charge in [-0.1, -0.05) is 0 Å². The van der Waals surface area contributed by atoms with E-state index in [1.165, 1.54) is 0 Å². The molecule has 0 radical (unpaired) electrons. The van der Waals surface area contributed by atoms with Crippen LogP contribution >= 0.6 is 0 Å². The molecule has 3 aromatic heterocycles. The molecule has 0 unspecified atom stereocenters. The third-order valence-corrected chi connectivity index (χ3v) is 4.41. The number of nitrogen functional groups attached to an aromatic ring is 1. The lowest BCUT2D eigenvalue weighted by molar-refractivity contribution is -0.140. The van der Waals surface area contributed by atoms with E-state index in [9.17, 15) is 35.1 Å². The van der Waals surface area contributed by atoms with Crippen LogP contribution in [0.2, 0.25) is 0 Å². The summed E-state index contributed by atoms with van der Waals surface area (Å²) in [4.78, 5) is 10.7. The van der Waals surface area contributed by atoms with Gasteiger partial charge in [-0.3, -0.25) is 4.40 Å². The number of pyridine rings is 1. The monoisotopic (exact) mass is 474 g/mol. The van der Waals surface area contributed by atoms with Crippen molar-refractivity contribution < 1.29 is 35.1 Å². The van der Waals surface area contributed by atoms with Crippen molar-refractivity contribution in [3.63, 3.8) is 0 Å². The number of fused-ring (bicyclic) bond motifs is 1. The largest absolute Gasteiger partial charge is 0.435 e. The Balaban J connectivity index is 1.85. The maximum atomic E-state index is 14.5. The third kappa shape index (κ3) is 4.23. The van der Waals surface area contributed by atoms with Crippen molar-refractivity contribution in [2.75, 3.05) is 11.1 Å². The Bertz CT molecular complexity index is 1340. The van der Waals surface area contributed by atoms with Gasteiger partial charge in [-0.15, -0.1) is 0 Å². The number of nitrogens with two attached hydrogens (primary N) is 1. The van der Waals surface area contributed by atoms with Gasteiger partial charge in [-0.05, 0) is 36.4 Å². The number of alkyl halides is 6. The van der Waals surface area contributed by atoms with Crippen LogP contribution in [-0.2, 0) is 12.4 Å². The Labute approximate surface area is 178 Å². The SMILES string of the molecule is Nc1nc(-c2c(C(F)(F)F)nc3ccc(F)cn23)nc(Nc2ccc(C(F)(F)F)cc2)c1F. The van der Waals surface area contributed by atoms with Crippen LogP contribution in [0, 0.1) is 11.6 Å². The fourth-order valence-electron chi connectivity index (χ4n) is 2.96. The van der Waals surface area contributed by atoms with Gasteiger partial charge in [0.05, 0.1) is 5.56 Å². The number of rotatable bonds is 3. The van der Waals surface area contributed by atoms with E-state index in [2.05, 4.69) is 20.3 Å². The minimum atomic E-state index is -5.01. The van der Waals surface area contributed by atoms with Crippen LogP contribution < -0.4 is 11.1 Å². The molecule has 4 rings (SSSR count). The molecule has 0 fully saturated rings. The molecule has 0 aliphatic carbocycles. The Morgan fingerprint density at radius 2 is 1.48 bits per heavy atom. The van der Waals surface area contributed by atoms with Gasteiger partial charge in [-0.2, -0.15) is 30.7 Å². The van der Waals surface area contributed by atoms with Gasteiger partial charge < -0.3 is 11.1 Å². The summed E-state index contributed by atoms with van der Waals surface area (Å²) in [5, 5.41) is 2.35. The van der Waals surface area contributed by atoms with E-state index in [4.69, 9.17) is 5.73 Å². The van der Waals surface area contributed by atoms with E-state index in [0.717, 1.165) is 28.7 Å². The van der Waals surface area contributed by atoms with Gasteiger partial charge in [0.1, 0.15) is 17.2 Å². The maximum Gasteiger partial charge on any atom is 0.435 e. The second-order valence-electron chi connectivity index (χ2n) is 6.68. The molecule has 0 saturated heterocycles. The van der Waals surface area contributed by atoms with Gasteiger partial charge in [-0.25, -0.2) is 19.3 Å². The van der Waals surface area contributed by atoms with Crippen LogP contribution in [0.15, 0.2) is 42.6 Å². The van der Waals surface area contributed by atoms with Crippen molar-refractivity contribution in [1.29, 1.82) is 0 Å². The van der Waals surface area contributed by atoms with Gasteiger partial charge >= 0.3 is 12.4 Å². The molecule has 0 atom stereocenters. The van der Waals surface area contributed by atoms with E-state index in [0.29, 0.717) is 18.3 Å². The highest BCUT2D eigenvalue weighted by Crippen LogP contribution is 2.37. The van der Waals surface area contributed by atoms with Crippen molar-refractivity contribution in [1.82, 2.24) is 19.4 Å². The van der Waals surface area contributed by atoms with E-state index < -0.39 is 58.4 Å². The van der Waals surface area contributed by atoms with E-state index in [1.807, 2.05) is 0 Å². The van der Waals surface area contributed by atoms with Crippen LogP contribution in [0.3, 0.4) is 0 Å². The fourth-order valence-corrected chi connectivity index (χ4v) is 2.96. The second-order valence-corrected chi connectivity index (χ2v) is 6.68. The number of hydrogen-bond acceptors (Lipinski definition) is 5. The van der Waals surface area contributed by atoms with Crippen molar-refractivity contribution in [3.8, 4) is 11.5 Å². The molecule has 0 saturated carbocycles. The second kappa shape index (κ2) is 7.56. The summed E-state index contributed by atoms with van der Waals surface area (Å²) in [6.07, 6.45) is -8.91. The summed E-state index contributed by atoms with van der Waals surface area (Å²) in [5.41, 5.74) is 1.89. The molecule has 14 heteroatoms. The zero-order valence-corrected chi connectivity index (χ0v) is 15.9. The summed E-state index contributed by atoms with van der Waals surface area (Å²) in [7, 11) is 0. The number of nitrogens with one attached hydrogen (secondary N) is 1. The van der Waals surface area contributed by atoms with Crippen molar-refractivity contribution in [2.45, 2.75) is 12.4 Å². The fraction of sp³-hybridized carbons (Fsp3) is 0.105. The minimum Gasteiger partial charge on any atom is -0.381 e. The highest BCUT2D eigenvalue weighted by molar-refractivity contribution is 5.68. The number of benzene rings is 1. The Hall–Kier alpha value is -3.97. The molecule has 33 heavy (non-hydrogen) atoms. The first-order chi connectivity index (χ1) is 15.3. The van der Waals surface area contributed by atoms with Crippen LogP contribution in [-0.4, -0.2) is 19.4 Å². The van der Waals surface area contributed by atoms with Gasteiger partial charge in [0.2, 0.25) is 5.82 Å². The first-order valence-corrected chi connectivity index (χ1v) is 8.87. The first-order valence-electron chi connectivity index (χ1n) is 8.87. The molecule has 172 valence electrons. The Morgan fingerprint density at radius 3 is 2.09 bits per heavy atom. The highest BCUT2D eigenvalue weighted by Gasteiger charge is 2.39. The molecule has 1 aromatic carbocycles. The quantitative estimate of drug-likeness (QED) is 0.387. The summed E-state index contributed by atoms with van der Waals surface area (Å²) in [6.45, 7) is 0. The standard InChI is InChI=1S/C19H10F8N6/c20-9-3-6-11-30-14(19(25,26)27)13(33(11)7-9)17-31-15(28)12(21)16(32-17)29-10-4-1-8(2-5-10)18(22,23)24/h1-7H,(H3,28,29,31,32). The zero-order chi connectivity index (χ0) is 24.1. The predicted octanol–water partition coefficient (Wildman–Crippen LogP) is 5.43. The summed E-state index contributed by atoms with van der Waals surface area (Å²) in [6, 6.07) is 5.23. The lowest BCUT2D eigenvalue weighted by Crippen LogP contribution is -2.11. The van der Waals surface area contributed by atoms with Crippen molar-refractivity contribution in [3.05, 3.63) is 65.5 Å². The smallest absolute Gasteiger partial charge is 0.381 e. The minimum absolute atomic E-state index is 0.0637. The topological polar surface area (TPSA) is 81.1 Å². The third-order valence-electron chi connectivity index (χ3n) is 4.41. The molecule has 0 amide bonds. The zero-order valence-electron chi connectivity index (χ0n) is 15.9. The maximum absolute atomic E-state index is 14.5. The van der Waals surface area contributed by atoms with Crippen LogP contribution in [0.4, 0.5) is 52.4 Å². The van der Waals surface area contributed by atoms with Crippen molar-refractivity contribution in [2.24, 2.45) is 0 Å². The van der Waals surface area contributed by atoms with Gasteiger partial charge in [0.25, 0.3) is 0 Å². The number of halogens is 8. The van der Waals surface area contributed by atoms with Crippen LogP contribution in [0.25, 0.3) is 17.2 Å². The number of hydrogen-bond donors (Lipinski definition) is 2. The Morgan fingerprint density at radius 1 is 0.818 bits per heavy atom. The molecule has 0 bridgehead atoms. The van der Waals surface area contributed by atoms with E-state index in [1.54, 1.807) is 0 Å². The van der Waals surface area contributed by atoms with Gasteiger partial charge in [0.15, 0.2) is 23.2 Å². The van der Waals surface area contributed by atoms with E-state index in [-0.39, 0.29) is 11.3 Å². The summed E-state index contributed by atoms with van der Waals surface area (Å²) < 4.78 is 108. The Kier molecular flexibility index (Phi) is 5.10. The number of aromatic nitrogens is 4. The number of anilines is 3. The molecule has 3 heterocycles. The van der Waals surface area contributed by atoms with Crippen molar-refractivity contribution >= 4 is 23.0 Å². The lowest BCUT2D eigenvalue weighted by atomic mass is 10.2. The van der Waals surface area contributed by atoms with Gasteiger partial charge in [0, 0.05) is 11.9 Å². The molecule has 0 aliphatic rings. The molecule has 0 aliphatic heterocycles. The summed E-state index contributed by atoms with van der Waals surface area (Å²) >= 11 is 0. The average Bonchev–Trinajstić information content (AvgIpc) is 3.10. The van der Waals surface area contributed by atoms with Crippen LogP contribution in [0.5, 0.6) is 0 Å². The normalized spacial score (nSPS) is 12.4. The van der Waals surface area contributed by atoms with E-state index >= 15 is 0 Å². The average molecular weight is 474 g/mol. The lowest BCUT2D eigenvalue weighted by Gasteiger charge is -2.12. The first kappa shape index (κ1) is 22.2. The molecule has 4 aromatic rings. The molecular formula is C19H10F8N6. The highest BCUT2D eigenvalue weighted by atomic mass is 19.4. The summed E-state index contributed by atoms with van der Waals surface area (Å²) in [5.74, 6) is -4.46. The molecular weight excluding hydrogens is 464 g/mol.